The van der Waals surface area contributed by atoms with Crippen molar-refractivity contribution in [2.24, 2.45) is 5.92 Å². The van der Waals surface area contributed by atoms with Gasteiger partial charge in [0.25, 0.3) is 5.91 Å². The number of hydrogen-bond acceptors (Lipinski definition) is 3. The average molecular weight is 326 g/mol. The first-order valence-electron chi connectivity index (χ1n) is 7.38. The Bertz CT molecular complexity index is 544. The lowest BCUT2D eigenvalue weighted by Crippen LogP contribution is -2.29. The van der Waals surface area contributed by atoms with Gasteiger partial charge in [-0.15, -0.1) is 12.4 Å². The first kappa shape index (κ1) is 18.5. The third-order valence-electron chi connectivity index (χ3n) is 3.63. The van der Waals surface area contributed by atoms with Crippen molar-refractivity contribution in [2.45, 2.75) is 32.7 Å². The van der Waals surface area contributed by atoms with Crippen LogP contribution >= 0.6 is 12.4 Å². The molecule has 0 saturated heterocycles. The van der Waals surface area contributed by atoms with Crippen molar-refractivity contribution in [2.75, 3.05) is 18.9 Å². The van der Waals surface area contributed by atoms with Crippen LogP contribution in [0.1, 0.15) is 35.7 Å². The molecule has 0 heterocycles. The minimum atomic E-state index is -0.127. The average Bonchev–Trinajstić information content (AvgIpc) is 3.25. The molecule has 1 aliphatic rings. The first-order valence-corrected chi connectivity index (χ1v) is 7.38. The SMILES string of the molecule is CNCC(C)C(=O)Nc1cc(C(=O)NC2CC2)ccc1C.Cl. The number of carbonyl (C=O) groups excluding carboxylic acids is 2. The lowest BCUT2D eigenvalue weighted by Gasteiger charge is -2.14. The van der Waals surface area contributed by atoms with Gasteiger partial charge in [-0.05, 0) is 44.5 Å². The number of hydrogen-bond donors (Lipinski definition) is 3. The third kappa shape index (κ3) is 5.00. The van der Waals surface area contributed by atoms with Crippen LogP contribution in [0.4, 0.5) is 5.69 Å². The molecule has 0 bridgehead atoms. The molecule has 1 unspecified atom stereocenters. The highest BCUT2D eigenvalue weighted by molar-refractivity contribution is 5.98. The molecular formula is C16H24ClN3O2. The third-order valence-corrected chi connectivity index (χ3v) is 3.63. The lowest BCUT2D eigenvalue weighted by atomic mass is 10.1. The molecule has 3 N–H and O–H groups in total. The second-order valence-electron chi connectivity index (χ2n) is 5.73. The number of rotatable bonds is 6. The van der Waals surface area contributed by atoms with Crippen LogP contribution in [0.2, 0.25) is 0 Å². The maximum absolute atomic E-state index is 12.1. The Labute approximate surface area is 137 Å². The summed E-state index contributed by atoms with van der Waals surface area (Å²) in [6.07, 6.45) is 2.12. The van der Waals surface area contributed by atoms with Crippen LogP contribution in [-0.2, 0) is 4.79 Å². The number of nitrogens with one attached hydrogen (secondary N) is 3. The predicted molar refractivity (Wildman–Crippen MR) is 90.6 cm³/mol. The number of aryl methyl sites for hydroxylation is 1. The van der Waals surface area contributed by atoms with Gasteiger partial charge in [0.2, 0.25) is 5.91 Å². The Balaban J connectivity index is 0.00000242. The van der Waals surface area contributed by atoms with Gasteiger partial charge >= 0.3 is 0 Å². The van der Waals surface area contributed by atoms with Gasteiger partial charge in [-0.1, -0.05) is 13.0 Å². The fourth-order valence-electron chi connectivity index (χ4n) is 2.05. The van der Waals surface area contributed by atoms with Gasteiger partial charge in [0.05, 0.1) is 0 Å². The fourth-order valence-corrected chi connectivity index (χ4v) is 2.05. The van der Waals surface area contributed by atoms with E-state index in [1.807, 2.05) is 27.0 Å². The molecule has 1 saturated carbocycles. The van der Waals surface area contributed by atoms with Crippen LogP contribution < -0.4 is 16.0 Å². The highest BCUT2D eigenvalue weighted by Gasteiger charge is 2.24. The van der Waals surface area contributed by atoms with Crippen LogP contribution in [0.5, 0.6) is 0 Å². The van der Waals surface area contributed by atoms with E-state index in [0.717, 1.165) is 18.4 Å². The summed E-state index contributed by atoms with van der Waals surface area (Å²) in [6.45, 7) is 4.40. The zero-order valence-electron chi connectivity index (χ0n) is 13.2. The number of carbonyl (C=O) groups is 2. The number of halogens is 1. The largest absolute Gasteiger partial charge is 0.349 e. The number of anilines is 1. The van der Waals surface area contributed by atoms with E-state index in [2.05, 4.69) is 16.0 Å². The highest BCUT2D eigenvalue weighted by Crippen LogP contribution is 2.21. The van der Waals surface area contributed by atoms with E-state index in [0.29, 0.717) is 23.8 Å². The standard InChI is InChI=1S/C16H23N3O2.ClH/c1-10-4-5-12(16(21)18-13-6-7-13)8-14(10)19-15(20)11(2)9-17-3;/h4-5,8,11,13,17H,6-7,9H2,1-3H3,(H,18,21)(H,19,20);1H. The maximum atomic E-state index is 12.1. The van der Waals surface area contributed by atoms with Gasteiger partial charge in [-0.2, -0.15) is 0 Å². The van der Waals surface area contributed by atoms with Crippen molar-refractivity contribution < 1.29 is 9.59 Å². The molecule has 2 amide bonds. The smallest absolute Gasteiger partial charge is 0.251 e. The maximum Gasteiger partial charge on any atom is 0.251 e. The molecule has 1 atom stereocenters. The van der Waals surface area contributed by atoms with Gasteiger partial charge in [0.1, 0.15) is 0 Å². The summed E-state index contributed by atoms with van der Waals surface area (Å²) in [6, 6.07) is 5.73. The van der Waals surface area contributed by atoms with Crippen LogP contribution in [-0.4, -0.2) is 31.4 Å². The molecule has 1 aliphatic carbocycles. The normalized spacial score (nSPS) is 14.7. The van der Waals surface area contributed by atoms with E-state index in [1.54, 1.807) is 12.1 Å². The van der Waals surface area contributed by atoms with Crippen LogP contribution in [0, 0.1) is 12.8 Å². The Kier molecular flexibility index (Phi) is 6.84. The molecule has 1 aromatic carbocycles. The van der Waals surface area contributed by atoms with E-state index in [9.17, 15) is 9.59 Å². The van der Waals surface area contributed by atoms with E-state index in [-0.39, 0.29) is 30.1 Å². The van der Waals surface area contributed by atoms with Crippen LogP contribution in [0.3, 0.4) is 0 Å². The second kappa shape index (κ2) is 8.15. The topological polar surface area (TPSA) is 70.2 Å². The molecule has 1 fully saturated rings. The van der Waals surface area contributed by atoms with Crippen molar-refractivity contribution in [3.63, 3.8) is 0 Å². The fraction of sp³-hybridized carbons (Fsp3) is 0.500. The zero-order chi connectivity index (χ0) is 15.4. The van der Waals surface area contributed by atoms with Crippen molar-refractivity contribution in [1.82, 2.24) is 10.6 Å². The predicted octanol–water partition coefficient (Wildman–Crippen LogP) is 2.10. The Hall–Kier alpha value is -1.59. The van der Waals surface area contributed by atoms with Crippen LogP contribution in [0.15, 0.2) is 18.2 Å². The van der Waals surface area contributed by atoms with Gasteiger partial charge < -0.3 is 16.0 Å². The van der Waals surface area contributed by atoms with Gasteiger partial charge in [0.15, 0.2) is 0 Å². The minimum Gasteiger partial charge on any atom is -0.349 e. The van der Waals surface area contributed by atoms with E-state index in [4.69, 9.17) is 0 Å². The Morgan fingerprint density at radius 3 is 2.59 bits per heavy atom. The van der Waals surface area contributed by atoms with Gasteiger partial charge in [-0.3, -0.25) is 9.59 Å². The molecule has 0 aromatic heterocycles. The molecule has 0 radical (unpaired) electrons. The van der Waals surface area contributed by atoms with E-state index < -0.39 is 0 Å². The van der Waals surface area contributed by atoms with Crippen LogP contribution in [0.25, 0.3) is 0 Å². The number of benzene rings is 1. The zero-order valence-corrected chi connectivity index (χ0v) is 14.0. The molecule has 122 valence electrons. The molecule has 1 aromatic rings. The lowest BCUT2D eigenvalue weighted by molar-refractivity contribution is -0.119. The van der Waals surface area contributed by atoms with Crippen molar-refractivity contribution in [1.29, 1.82) is 0 Å². The molecule has 2 rings (SSSR count). The van der Waals surface area contributed by atoms with E-state index >= 15 is 0 Å². The Morgan fingerprint density at radius 1 is 1.32 bits per heavy atom. The molecule has 22 heavy (non-hydrogen) atoms. The minimum absolute atomic E-state index is 0. The monoisotopic (exact) mass is 325 g/mol. The summed E-state index contributed by atoms with van der Waals surface area (Å²) in [5.74, 6) is -0.248. The molecule has 0 spiro atoms. The number of amides is 2. The van der Waals surface area contributed by atoms with E-state index in [1.165, 1.54) is 0 Å². The molecular weight excluding hydrogens is 302 g/mol. The molecule has 5 nitrogen and oxygen atoms in total. The Morgan fingerprint density at radius 2 is 2.00 bits per heavy atom. The van der Waals surface area contributed by atoms with Crippen molar-refractivity contribution in [3.8, 4) is 0 Å². The second-order valence-corrected chi connectivity index (χ2v) is 5.73. The summed E-state index contributed by atoms with van der Waals surface area (Å²) < 4.78 is 0. The molecule has 6 heteroatoms. The summed E-state index contributed by atoms with van der Waals surface area (Å²) in [5.41, 5.74) is 2.23. The summed E-state index contributed by atoms with van der Waals surface area (Å²) in [5, 5.41) is 8.83. The summed E-state index contributed by atoms with van der Waals surface area (Å²) in [7, 11) is 1.82. The van der Waals surface area contributed by atoms with Gasteiger partial charge in [-0.25, -0.2) is 0 Å². The van der Waals surface area contributed by atoms with Gasteiger partial charge in [0, 0.05) is 29.8 Å². The summed E-state index contributed by atoms with van der Waals surface area (Å²) >= 11 is 0. The highest BCUT2D eigenvalue weighted by atomic mass is 35.5. The van der Waals surface area contributed by atoms with Crippen molar-refractivity contribution >= 4 is 29.9 Å². The summed E-state index contributed by atoms with van der Waals surface area (Å²) in [4.78, 5) is 24.1. The quantitative estimate of drug-likeness (QED) is 0.750. The van der Waals surface area contributed by atoms with Crippen molar-refractivity contribution in [3.05, 3.63) is 29.3 Å². The molecule has 0 aliphatic heterocycles. The first-order chi connectivity index (χ1) is 10.0.